The first-order valence-electron chi connectivity index (χ1n) is 3.65. The number of nitrogens with two attached hydrogens (primary N) is 1. The highest BCUT2D eigenvalue weighted by Gasteiger charge is 1.97. The molecule has 1 rings (SSSR count). The predicted octanol–water partition coefficient (Wildman–Crippen LogP) is 0.260. The molecule has 1 aromatic heterocycles. The Morgan fingerprint density at radius 3 is 3.00 bits per heavy atom. The van der Waals surface area contributed by atoms with Crippen LogP contribution in [-0.4, -0.2) is 12.0 Å². The molecule has 11 heavy (non-hydrogen) atoms. The summed E-state index contributed by atoms with van der Waals surface area (Å²) in [5.41, 5.74) is 7.85. The molecule has 0 radical (unpaired) electrons. The third kappa shape index (κ3) is 2.00. The van der Waals surface area contributed by atoms with Crippen LogP contribution < -0.4 is 11.1 Å². The molecule has 1 aromatic rings. The van der Waals surface area contributed by atoms with Gasteiger partial charge in [-0.1, -0.05) is 0 Å². The summed E-state index contributed by atoms with van der Waals surface area (Å²) >= 11 is 0. The molecule has 0 spiro atoms. The lowest BCUT2D eigenvalue weighted by Gasteiger charge is -2.04. The first kappa shape index (κ1) is 8.17. The molecule has 0 amide bonds. The fourth-order valence-corrected chi connectivity index (χ4v) is 1.00. The van der Waals surface area contributed by atoms with Gasteiger partial charge in [0.25, 0.3) is 0 Å². The van der Waals surface area contributed by atoms with Crippen LogP contribution in [-0.2, 0) is 13.1 Å². The van der Waals surface area contributed by atoms with Gasteiger partial charge in [-0.3, -0.25) is 4.98 Å². The van der Waals surface area contributed by atoms with E-state index in [9.17, 15) is 0 Å². The summed E-state index contributed by atoms with van der Waals surface area (Å²) in [4.78, 5) is 3.99. The Labute approximate surface area is 66.6 Å². The van der Waals surface area contributed by atoms with Crippen molar-refractivity contribution in [1.82, 2.24) is 10.3 Å². The number of hydrogen-bond acceptors (Lipinski definition) is 3. The summed E-state index contributed by atoms with van der Waals surface area (Å²) < 4.78 is 0. The molecule has 0 atom stereocenters. The number of pyridine rings is 1. The summed E-state index contributed by atoms with van der Waals surface area (Å²) in [5, 5.41) is 3.08. The highest BCUT2D eigenvalue weighted by atomic mass is 14.8. The Balaban J connectivity index is 2.83. The SMILES string of the molecule is CNCc1ccncc1CN. The number of rotatable bonds is 3. The highest BCUT2D eigenvalue weighted by Crippen LogP contribution is 2.04. The molecular formula is C8H13N3. The lowest BCUT2D eigenvalue weighted by Crippen LogP contribution is -2.10. The second-order valence-corrected chi connectivity index (χ2v) is 2.38. The Kier molecular flexibility index (Phi) is 3.01. The van der Waals surface area contributed by atoms with Gasteiger partial charge in [0, 0.05) is 25.5 Å². The topological polar surface area (TPSA) is 50.9 Å². The number of nitrogens with one attached hydrogen (secondary N) is 1. The van der Waals surface area contributed by atoms with Crippen LogP contribution in [0.1, 0.15) is 11.1 Å². The molecule has 0 unspecified atom stereocenters. The van der Waals surface area contributed by atoms with E-state index in [2.05, 4.69) is 10.3 Å². The fraction of sp³-hybridized carbons (Fsp3) is 0.375. The van der Waals surface area contributed by atoms with Gasteiger partial charge in [-0.15, -0.1) is 0 Å². The van der Waals surface area contributed by atoms with Gasteiger partial charge in [-0.05, 0) is 24.2 Å². The molecule has 60 valence electrons. The molecule has 1 heterocycles. The lowest BCUT2D eigenvalue weighted by atomic mass is 10.1. The van der Waals surface area contributed by atoms with Crippen molar-refractivity contribution in [1.29, 1.82) is 0 Å². The van der Waals surface area contributed by atoms with Crippen LogP contribution in [0.15, 0.2) is 18.5 Å². The first-order chi connectivity index (χ1) is 5.38. The van der Waals surface area contributed by atoms with Gasteiger partial charge >= 0.3 is 0 Å². The Morgan fingerprint density at radius 2 is 2.36 bits per heavy atom. The quantitative estimate of drug-likeness (QED) is 0.651. The molecular weight excluding hydrogens is 138 g/mol. The Bertz CT molecular complexity index is 222. The molecule has 0 saturated heterocycles. The maximum Gasteiger partial charge on any atom is 0.0316 e. The molecule has 3 heteroatoms. The van der Waals surface area contributed by atoms with Crippen molar-refractivity contribution < 1.29 is 0 Å². The van der Waals surface area contributed by atoms with Crippen LogP contribution in [0, 0.1) is 0 Å². The Hall–Kier alpha value is -0.930. The van der Waals surface area contributed by atoms with Gasteiger partial charge in [0.15, 0.2) is 0 Å². The standard InChI is InChI=1S/C8H13N3/c1-10-5-7-2-3-11-6-8(7)4-9/h2-3,6,10H,4-5,9H2,1H3. The van der Waals surface area contributed by atoms with E-state index in [1.54, 1.807) is 6.20 Å². The van der Waals surface area contributed by atoms with E-state index in [4.69, 9.17) is 5.73 Å². The second kappa shape index (κ2) is 4.05. The second-order valence-electron chi connectivity index (χ2n) is 2.38. The maximum absolute atomic E-state index is 5.51. The smallest absolute Gasteiger partial charge is 0.0316 e. The lowest BCUT2D eigenvalue weighted by molar-refractivity contribution is 0.800. The van der Waals surface area contributed by atoms with E-state index in [1.807, 2.05) is 19.3 Å². The van der Waals surface area contributed by atoms with E-state index in [0.29, 0.717) is 6.54 Å². The van der Waals surface area contributed by atoms with Crippen molar-refractivity contribution >= 4 is 0 Å². The van der Waals surface area contributed by atoms with Gasteiger partial charge in [-0.25, -0.2) is 0 Å². The molecule has 0 aliphatic carbocycles. The van der Waals surface area contributed by atoms with Crippen LogP contribution in [0.4, 0.5) is 0 Å². The van der Waals surface area contributed by atoms with Crippen molar-refractivity contribution in [2.24, 2.45) is 5.73 Å². The third-order valence-electron chi connectivity index (χ3n) is 1.59. The van der Waals surface area contributed by atoms with E-state index in [1.165, 1.54) is 5.56 Å². The van der Waals surface area contributed by atoms with Crippen LogP contribution in [0.25, 0.3) is 0 Å². The number of aromatic nitrogens is 1. The first-order valence-corrected chi connectivity index (χ1v) is 3.65. The molecule has 0 aromatic carbocycles. The molecule has 0 bridgehead atoms. The minimum absolute atomic E-state index is 0.560. The highest BCUT2D eigenvalue weighted by molar-refractivity contribution is 5.22. The van der Waals surface area contributed by atoms with Crippen molar-refractivity contribution in [3.8, 4) is 0 Å². The summed E-state index contributed by atoms with van der Waals surface area (Å²) in [6.45, 7) is 1.42. The van der Waals surface area contributed by atoms with E-state index < -0.39 is 0 Å². The van der Waals surface area contributed by atoms with Crippen LogP contribution >= 0.6 is 0 Å². The van der Waals surface area contributed by atoms with Crippen LogP contribution in [0.5, 0.6) is 0 Å². The third-order valence-corrected chi connectivity index (χ3v) is 1.59. The largest absolute Gasteiger partial charge is 0.326 e. The number of hydrogen-bond donors (Lipinski definition) is 2. The van der Waals surface area contributed by atoms with Crippen LogP contribution in [0.3, 0.4) is 0 Å². The molecule has 0 aliphatic heterocycles. The number of nitrogens with zero attached hydrogens (tertiary/aromatic N) is 1. The molecule has 3 nitrogen and oxygen atoms in total. The van der Waals surface area contributed by atoms with Crippen LogP contribution in [0.2, 0.25) is 0 Å². The summed E-state index contributed by atoms with van der Waals surface area (Å²) in [5.74, 6) is 0. The summed E-state index contributed by atoms with van der Waals surface area (Å²) in [7, 11) is 1.92. The monoisotopic (exact) mass is 151 g/mol. The van der Waals surface area contributed by atoms with Gasteiger partial charge in [-0.2, -0.15) is 0 Å². The average molecular weight is 151 g/mol. The Morgan fingerprint density at radius 1 is 1.55 bits per heavy atom. The average Bonchev–Trinajstić information content (AvgIpc) is 2.06. The normalized spacial score (nSPS) is 10.0. The zero-order valence-corrected chi connectivity index (χ0v) is 6.67. The van der Waals surface area contributed by atoms with Gasteiger partial charge in [0.1, 0.15) is 0 Å². The van der Waals surface area contributed by atoms with E-state index in [-0.39, 0.29) is 0 Å². The molecule has 0 aliphatic rings. The maximum atomic E-state index is 5.51. The predicted molar refractivity (Wildman–Crippen MR) is 44.9 cm³/mol. The molecule has 0 saturated carbocycles. The summed E-state index contributed by atoms with van der Waals surface area (Å²) in [6.07, 6.45) is 3.60. The minimum Gasteiger partial charge on any atom is -0.326 e. The van der Waals surface area contributed by atoms with Gasteiger partial charge in [0.2, 0.25) is 0 Å². The van der Waals surface area contributed by atoms with E-state index in [0.717, 1.165) is 12.1 Å². The molecule has 3 N–H and O–H groups in total. The fourth-order valence-electron chi connectivity index (χ4n) is 1.00. The summed E-state index contributed by atoms with van der Waals surface area (Å²) in [6, 6.07) is 1.98. The van der Waals surface area contributed by atoms with Crippen molar-refractivity contribution in [3.05, 3.63) is 29.6 Å². The van der Waals surface area contributed by atoms with E-state index >= 15 is 0 Å². The van der Waals surface area contributed by atoms with Gasteiger partial charge < -0.3 is 11.1 Å². The van der Waals surface area contributed by atoms with Crippen molar-refractivity contribution in [2.75, 3.05) is 7.05 Å². The van der Waals surface area contributed by atoms with Crippen molar-refractivity contribution in [2.45, 2.75) is 13.1 Å². The van der Waals surface area contributed by atoms with Crippen molar-refractivity contribution in [3.63, 3.8) is 0 Å². The van der Waals surface area contributed by atoms with Gasteiger partial charge in [0.05, 0.1) is 0 Å². The molecule has 0 fully saturated rings. The minimum atomic E-state index is 0.560. The zero-order valence-electron chi connectivity index (χ0n) is 6.67. The zero-order chi connectivity index (χ0) is 8.10.